The van der Waals surface area contributed by atoms with E-state index in [9.17, 15) is 9.59 Å². The molecule has 4 heteroatoms. The monoisotopic (exact) mass is 1020 g/mol. The summed E-state index contributed by atoms with van der Waals surface area (Å²) < 4.78 is 10.9. The van der Waals surface area contributed by atoms with Crippen molar-refractivity contribution in [2.24, 2.45) is 5.92 Å². The molecule has 0 atom stereocenters. The zero-order valence-electron chi connectivity index (χ0n) is 50.6. The molecule has 0 saturated carbocycles. The number of hydrogen-bond acceptors (Lipinski definition) is 4. The van der Waals surface area contributed by atoms with Crippen LogP contribution in [0.3, 0.4) is 0 Å². The summed E-state index contributed by atoms with van der Waals surface area (Å²) in [6.07, 6.45) is 77.3. The van der Waals surface area contributed by atoms with Crippen molar-refractivity contribution in [3.05, 3.63) is 0 Å². The highest BCUT2D eigenvalue weighted by Crippen LogP contribution is 2.18. The van der Waals surface area contributed by atoms with Crippen LogP contribution in [0.15, 0.2) is 0 Å². The number of ether oxygens (including phenoxy) is 2. The Labute approximate surface area is 455 Å². The molecule has 0 aliphatic carbocycles. The molecule has 0 fully saturated rings. The predicted octanol–water partition coefficient (Wildman–Crippen LogP) is 24.4. The highest BCUT2D eigenvalue weighted by Gasteiger charge is 2.05. The minimum atomic E-state index is 0.0257. The average molecular weight is 1020 g/mol. The average Bonchev–Trinajstić information content (AvgIpc) is 3.37. The molecule has 0 aromatic rings. The Morgan fingerprint density at radius 3 is 0.597 bits per heavy atom. The third kappa shape index (κ3) is 71.0. The number of rotatable bonds is 61. The molecule has 0 spiro atoms. The van der Waals surface area contributed by atoms with Crippen LogP contribution in [0.2, 0.25) is 0 Å². The van der Waals surface area contributed by atoms with Crippen LogP contribution in [-0.2, 0) is 19.1 Å². The molecule has 4 nitrogen and oxygen atoms in total. The van der Waals surface area contributed by atoms with Gasteiger partial charge in [0.05, 0.1) is 13.2 Å². The van der Waals surface area contributed by atoms with E-state index in [0.717, 1.165) is 31.6 Å². The second-order valence-corrected chi connectivity index (χ2v) is 23.5. The smallest absolute Gasteiger partial charge is 0.305 e. The fourth-order valence-electron chi connectivity index (χ4n) is 10.3. The molecule has 0 aliphatic rings. The van der Waals surface area contributed by atoms with Gasteiger partial charge in [-0.25, -0.2) is 0 Å². The van der Waals surface area contributed by atoms with Gasteiger partial charge in [-0.1, -0.05) is 369 Å². The summed E-state index contributed by atoms with van der Waals surface area (Å²) in [5, 5.41) is 0. The van der Waals surface area contributed by atoms with E-state index in [-0.39, 0.29) is 11.9 Å². The van der Waals surface area contributed by atoms with Gasteiger partial charge in [-0.3, -0.25) is 9.59 Å². The molecule has 72 heavy (non-hydrogen) atoms. The van der Waals surface area contributed by atoms with E-state index in [0.29, 0.717) is 26.1 Å². The van der Waals surface area contributed by atoms with Crippen molar-refractivity contribution in [1.29, 1.82) is 0 Å². The third-order valence-corrected chi connectivity index (χ3v) is 15.4. The Balaban J connectivity index is 0. The summed E-state index contributed by atoms with van der Waals surface area (Å²) in [6, 6.07) is 0. The molecule has 0 heterocycles. The van der Waals surface area contributed by atoms with Gasteiger partial charge in [0, 0.05) is 12.8 Å². The second kappa shape index (κ2) is 68.0. The van der Waals surface area contributed by atoms with Crippen molar-refractivity contribution in [3.63, 3.8) is 0 Å². The summed E-state index contributed by atoms with van der Waals surface area (Å²) in [5.74, 6) is 0.923. The molecule has 0 bridgehead atoms. The largest absolute Gasteiger partial charge is 0.466 e. The first-order valence-corrected chi connectivity index (χ1v) is 33.8. The fraction of sp³-hybridized carbons (Fsp3) is 0.971. The first-order chi connectivity index (χ1) is 35.5. The van der Waals surface area contributed by atoms with Crippen LogP contribution < -0.4 is 0 Å². The molecular formula is C68H136O4. The van der Waals surface area contributed by atoms with Crippen LogP contribution in [0.25, 0.3) is 0 Å². The van der Waals surface area contributed by atoms with Gasteiger partial charge < -0.3 is 9.47 Å². The van der Waals surface area contributed by atoms with Gasteiger partial charge >= 0.3 is 11.9 Å². The van der Waals surface area contributed by atoms with E-state index >= 15 is 0 Å². The fourth-order valence-corrected chi connectivity index (χ4v) is 10.3. The van der Waals surface area contributed by atoms with Crippen LogP contribution in [0.5, 0.6) is 0 Å². The summed E-state index contributed by atoms with van der Waals surface area (Å²) in [5.41, 5.74) is 0. The van der Waals surface area contributed by atoms with Gasteiger partial charge in [-0.05, 0) is 31.6 Å². The molecule has 0 rings (SSSR count). The van der Waals surface area contributed by atoms with Crippen molar-refractivity contribution in [2.45, 2.75) is 407 Å². The predicted molar refractivity (Wildman–Crippen MR) is 322 cm³/mol. The van der Waals surface area contributed by atoms with Crippen molar-refractivity contribution in [1.82, 2.24) is 0 Å². The lowest BCUT2D eigenvalue weighted by Gasteiger charge is -2.06. The number of carbonyl (C=O) groups is 2. The Hall–Kier alpha value is -1.06. The summed E-state index contributed by atoms with van der Waals surface area (Å²) in [4.78, 5) is 23.8. The van der Waals surface area contributed by atoms with Gasteiger partial charge in [0.2, 0.25) is 0 Å². The van der Waals surface area contributed by atoms with Crippen LogP contribution >= 0.6 is 0 Å². The maximum Gasteiger partial charge on any atom is 0.305 e. The number of esters is 2. The van der Waals surface area contributed by atoms with E-state index in [1.165, 1.54) is 334 Å². The highest BCUT2D eigenvalue weighted by atomic mass is 16.5. The molecular weight excluding hydrogens is 881 g/mol. The molecule has 0 aromatic heterocycles. The molecule has 432 valence electrons. The molecule has 0 N–H and O–H groups in total. The quantitative estimate of drug-likeness (QED) is 0.0450. The van der Waals surface area contributed by atoms with E-state index in [1.54, 1.807) is 0 Å². The van der Waals surface area contributed by atoms with E-state index in [2.05, 4.69) is 34.6 Å². The van der Waals surface area contributed by atoms with Crippen LogP contribution in [0.1, 0.15) is 407 Å². The summed E-state index contributed by atoms with van der Waals surface area (Å²) >= 11 is 0. The van der Waals surface area contributed by atoms with Gasteiger partial charge in [0.15, 0.2) is 0 Å². The Morgan fingerprint density at radius 1 is 0.236 bits per heavy atom. The Bertz CT molecular complexity index is 977. The minimum Gasteiger partial charge on any atom is -0.466 e. The molecule has 0 radical (unpaired) electrons. The molecule has 0 aromatic carbocycles. The maximum atomic E-state index is 11.9. The number of unbranched alkanes of at least 4 members (excludes halogenated alkanes) is 51. The maximum absolute atomic E-state index is 11.9. The van der Waals surface area contributed by atoms with Crippen molar-refractivity contribution in [3.8, 4) is 0 Å². The van der Waals surface area contributed by atoms with E-state index in [4.69, 9.17) is 9.47 Å². The van der Waals surface area contributed by atoms with Crippen molar-refractivity contribution >= 4 is 11.9 Å². The lowest BCUT2D eigenvalue weighted by Crippen LogP contribution is -2.05. The van der Waals surface area contributed by atoms with Gasteiger partial charge in [0.1, 0.15) is 0 Å². The van der Waals surface area contributed by atoms with Gasteiger partial charge in [0.25, 0.3) is 0 Å². The Kier molecular flexibility index (Phi) is 68.9. The zero-order chi connectivity index (χ0) is 52.6. The van der Waals surface area contributed by atoms with Crippen LogP contribution in [0, 0.1) is 5.92 Å². The lowest BCUT2D eigenvalue weighted by atomic mass is 10.0. The van der Waals surface area contributed by atoms with Crippen LogP contribution in [0.4, 0.5) is 0 Å². The van der Waals surface area contributed by atoms with Gasteiger partial charge in [-0.2, -0.15) is 0 Å². The summed E-state index contributed by atoms with van der Waals surface area (Å²) in [6.45, 7) is 12.8. The van der Waals surface area contributed by atoms with Crippen LogP contribution in [-0.4, -0.2) is 25.2 Å². The molecule has 0 aliphatic heterocycles. The standard InChI is InChI=1S/C36H72O2.C32H64O2/c1-4-5-6-7-8-9-10-11-12-13-16-19-22-25-28-31-34-38-36(37)33-30-27-24-21-18-15-14-17-20-23-26-29-32-35(2)3;1-3-5-7-9-11-13-15-17-18-19-20-22-24-26-28-30-32(33)34-31-29-27-25-23-21-16-14-12-10-8-6-4-2/h35H,4-34H2,1-3H3;3-31H2,1-2H3. The molecule has 0 unspecified atom stereocenters. The first kappa shape index (κ1) is 73.0. The topological polar surface area (TPSA) is 52.6 Å². The molecule has 0 amide bonds. The number of hydrogen-bond donors (Lipinski definition) is 0. The van der Waals surface area contributed by atoms with Crippen molar-refractivity contribution in [2.75, 3.05) is 13.2 Å². The highest BCUT2D eigenvalue weighted by molar-refractivity contribution is 5.69. The first-order valence-electron chi connectivity index (χ1n) is 33.8. The van der Waals surface area contributed by atoms with Crippen molar-refractivity contribution < 1.29 is 19.1 Å². The zero-order valence-corrected chi connectivity index (χ0v) is 50.6. The summed E-state index contributed by atoms with van der Waals surface area (Å²) in [7, 11) is 0. The third-order valence-electron chi connectivity index (χ3n) is 15.4. The van der Waals surface area contributed by atoms with E-state index < -0.39 is 0 Å². The number of carbonyl (C=O) groups excluding carboxylic acids is 2. The normalized spacial score (nSPS) is 11.4. The van der Waals surface area contributed by atoms with E-state index in [1.807, 2.05) is 0 Å². The minimum absolute atomic E-state index is 0.0257. The SMILES string of the molecule is CCCCCCCCCCCCCCCCCC(=O)OCCCCCCCCCCCCCC.CCCCCCCCCCCCCCCCCCOC(=O)CCCCCCCCCCCCCCC(C)C. The lowest BCUT2D eigenvalue weighted by molar-refractivity contribution is -0.144. The second-order valence-electron chi connectivity index (χ2n) is 23.5. The molecule has 0 saturated heterocycles. The van der Waals surface area contributed by atoms with Gasteiger partial charge in [-0.15, -0.1) is 0 Å². The Morgan fingerprint density at radius 2 is 0.403 bits per heavy atom.